The maximum atomic E-state index is 13.3. The van der Waals surface area contributed by atoms with E-state index in [4.69, 9.17) is 5.73 Å². The van der Waals surface area contributed by atoms with Gasteiger partial charge in [0.15, 0.2) is 0 Å². The van der Waals surface area contributed by atoms with Gasteiger partial charge in [-0.2, -0.15) is 10.1 Å². The fraction of sp³-hybridized carbons (Fsp3) is 0.111. The lowest BCUT2D eigenvalue weighted by atomic mass is 10.3. The SMILES string of the molecule is NC1=NN(c2cc(F)ccc2F)C(=O)C1. The largest absolute Gasteiger partial charge is 0.385 e. The lowest BCUT2D eigenvalue weighted by Gasteiger charge is -2.11. The van der Waals surface area contributed by atoms with Crippen molar-refractivity contribution < 1.29 is 13.6 Å². The highest BCUT2D eigenvalue weighted by Crippen LogP contribution is 2.23. The van der Waals surface area contributed by atoms with E-state index in [0.29, 0.717) is 0 Å². The number of hydrogen-bond acceptors (Lipinski definition) is 3. The van der Waals surface area contributed by atoms with Crippen molar-refractivity contribution in [3.8, 4) is 0 Å². The van der Waals surface area contributed by atoms with Gasteiger partial charge in [0.2, 0.25) is 0 Å². The molecule has 0 spiro atoms. The first kappa shape index (κ1) is 9.57. The van der Waals surface area contributed by atoms with E-state index in [1.807, 2.05) is 0 Å². The van der Waals surface area contributed by atoms with Crippen LogP contribution < -0.4 is 10.7 Å². The maximum Gasteiger partial charge on any atom is 0.255 e. The molecule has 1 heterocycles. The van der Waals surface area contributed by atoms with Crippen molar-refractivity contribution in [1.82, 2.24) is 0 Å². The quantitative estimate of drug-likeness (QED) is 0.752. The van der Waals surface area contributed by atoms with E-state index in [1.165, 1.54) is 0 Å². The Morgan fingerprint density at radius 3 is 2.73 bits per heavy atom. The molecule has 1 aliphatic heterocycles. The van der Waals surface area contributed by atoms with E-state index in [0.717, 1.165) is 23.2 Å². The number of nitrogens with two attached hydrogens (primary N) is 1. The standard InChI is InChI=1S/C9H7F2N3O/c10-5-1-2-6(11)7(3-5)14-9(15)4-8(12)13-14/h1-3H,4H2,(H2,12,13). The number of benzene rings is 1. The van der Waals surface area contributed by atoms with Gasteiger partial charge in [-0.25, -0.2) is 8.78 Å². The third kappa shape index (κ3) is 1.65. The summed E-state index contributed by atoms with van der Waals surface area (Å²) in [6.45, 7) is 0. The Kier molecular flexibility index (Phi) is 2.11. The number of amides is 1. The zero-order chi connectivity index (χ0) is 11.0. The van der Waals surface area contributed by atoms with E-state index in [2.05, 4.69) is 5.10 Å². The molecule has 0 saturated heterocycles. The molecule has 0 saturated carbocycles. The first-order valence-corrected chi connectivity index (χ1v) is 4.19. The number of anilines is 1. The summed E-state index contributed by atoms with van der Waals surface area (Å²) in [7, 11) is 0. The molecule has 1 aromatic rings. The molecule has 1 amide bonds. The molecule has 1 aromatic carbocycles. The third-order valence-electron chi connectivity index (χ3n) is 1.93. The van der Waals surface area contributed by atoms with Crippen molar-refractivity contribution in [2.75, 3.05) is 5.01 Å². The van der Waals surface area contributed by atoms with E-state index in [1.54, 1.807) is 0 Å². The Labute approximate surface area is 84.0 Å². The van der Waals surface area contributed by atoms with Crippen molar-refractivity contribution >= 4 is 17.4 Å². The minimum atomic E-state index is -0.719. The van der Waals surface area contributed by atoms with Crippen LogP contribution in [-0.4, -0.2) is 11.7 Å². The van der Waals surface area contributed by atoms with Gasteiger partial charge < -0.3 is 5.73 Å². The second kappa shape index (κ2) is 3.30. The molecule has 0 unspecified atom stereocenters. The van der Waals surface area contributed by atoms with E-state index in [9.17, 15) is 13.6 Å². The van der Waals surface area contributed by atoms with Gasteiger partial charge in [0.25, 0.3) is 5.91 Å². The zero-order valence-corrected chi connectivity index (χ0v) is 7.58. The minimum Gasteiger partial charge on any atom is -0.385 e. The van der Waals surface area contributed by atoms with Crippen molar-refractivity contribution in [2.24, 2.45) is 10.8 Å². The molecule has 0 radical (unpaired) electrons. The number of carbonyl (C=O) groups is 1. The summed E-state index contributed by atoms with van der Waals surface area (Å²) in [5.74, 6) is -1.75. The highest BCUT2D eigenvalue weighted by Gasteiger charge is 2.26. The monoisotopic (exact) mass is 211 g/mol. The number of rotatable bonds is 1. The highest BCUT2D eigenvalue weighted by molar-refractivity contribution is 6.11. The lowest BCUT2D eigenvalue weighted by molar-refractivity contribution is -0.116. The normalized spacial score (nSPS) is 15.7. The van der Waals surface area contributed by atoms with Gasteiger partial charge in [0, 0.05) is 6.07 Å². The van der Waals surface area contributed by atoms with Crippen LogP contribution in [0.5, 0.6) is 0 Å². The van der Waals surface area contributed by atoms with Crippen LogP contribution in [0, 0.1) is 11.6 Å². The molecule has 0 fully saturated rings. The molecular weight excluding hydrogens is 204 g/mol. The molecule has 6 heteroatoms. The number of hydrogen-bond donors (Lipinski definition) is 1. The number of halogens is 2. The fourth-order valence-corrected chi connectivity index (χ4v) is 1.29. The third-order valence-corrected chi connectivity index (χ3v) is 1.93. The van der Waals surface area contributed by atoms with Crippen molar-refractivity contribution in [1.29, 1.82) is 0 Å². The second-order valence-electron chi connectivity index (χ2n) is 3.07. The Morgan fingerprint density at radius 1 is 1.40 bits per heavy atom. The molecule has 0 atom stereocenters. The Hall–Kier alpha value is -1.98. The molecule has 78 valence electrons. The van der Waals surface area contributed by atoms with Crippen LogP contribution in [-0.2, 0) is 4.79 Å². The van der Waals surface area contributed by atoms with Gasteiger partial charge in [-0.15, -0.1) is 0 Å². The predicted octanol–water partition coefficient (Wildman–Crippen LogP) is 0.974. The summed E-state index contributed by atoms with van der Waals surface area (Å²) in [4.78, 5) is 11.3. The topological polar surface area (TPSA) is 58.7 Å². The Balaban J connectivity index is 2.45. The summed E-state index contributed by atoms with van der Waals surface area (Å²) >= 11 is 0. The molecule has 0 bridgehead atoms. The van der Waals surface area contributed by atoms with E-state index >= 15 is 0 Å². The van der Waals surface area contributed by atoms with E-state index in [-0.39, 0.29) is 17.9 Å². The van der Waals surface area contributed by atoms with Crippen molar-refractivity contribution in [2.45, 2.75) is 6.42 Å². The maximum absolute atomic E-state index is 13.3. The van der Waals surface area contributed by atoms with Gasteiger partial charge in [-0.05, 0) is 12.1 Å². The number of hydrazone groups is 1. The second-order valence-corrected chi connectivity index (χ2v) is 3.07. The molecule has 2 N–H and O–H groups in total. The van der Waals surface area contributed by atoms with Gasteiger partial charge in [-0.1, -0.05) is 0 Å². The number of nitrogens with zero attached hydrogens (tertiary/aromatic N) is 2. The average Bonchev–Trinajstić information content (AvgIpc) is 2.50. The van der Waals surface area contributed by atoms with Gasteiger partial charge >= 0.3 is 0 Å². The average molecular weight is 211 g/mol. The molecule has 4 nitrogen and oxygen atoms in total. The van der Waals surface area contributed by atoms with Crippen LogP contribution in [0.15, 0.2) is 23.3 Å². The molecule has 2 rings (SSSR count). The molecule has 0 aromatic heterocycles. The fourth-order valence-electron chi connectivity index (χ4n) is 1.29. The minimum absolute atomic E-state index is 0.0735. The van der Waals surface area contributed by atoms with Crippen LogP contribution in [0.2, 0.25) is 0 Å². The Morgan fingerprint density at radius 2 is 2.13 bits per heavy atom. The summed E-state index contributed by atoms with van der Waals surface area (Å²) in [6, 6.07) is 2.80. The summed E-state index contributed by atoms with van der Waals surface area (Å²) in [5, 5.41) is 4.38. The van der Waals surface area contributed by atoms with Crippen LogP contribution in [0.3, 0.4) is 0 Å². The number of carbonyl (C=O) groups excluding carboxylic acids is 1. The van der Waals surface area contributed by atoms with Crippen LogP contribution in [0.25, 0.3) is 0 Å². The van der Waals surface area contributed by atoms with Gasteiger partial charge in [-0.3, -0.25) is 4.79 Å². The van der Waals surface area contributed by atoms with Crippen molar-refractivity contribution in [3.05, 3.63) is 29.8 Å². The van der Waals surface area contributed by atoms with Crippen LogP contribution >= 0.6 is 0 Å². The highest BCUT2D eigenvalue weighted by atomic mass is 19.1. The summed E-state index contributed by atoms with van der Waals surface area (Å²) in [6.07, 6.45) is -0.0735. The van der Waals surface area contributed by atoms with Crippen LogP contribution in [0.4, 0.5) is 14.5 Å². The number of amidine groups is 1. The predicted molar refractivity (Wildman–Crippen MR) is 50.1 cm³/mol. The first-order chi connectivity index (χ1) is 7.08. The molecular formula is C9H7F2N3O. The molecule has 1 aliphatic rings. The van der Waals surface area contributed by atoms with Crippen LogP contribution in [0.1, 0.15) is 6.42 Å². The summed E-state index contributed by atoms with van der Waals surface area (Å²) in [5.41, 5.74) is 5.09. The van der Waals surface area contributed by atoms with Gasteiger partial charge in [0.05, 0.1) is 6.42 Å². The first-order valence-electron chi connectivity index (χ1n) is 4.19. The molecule has 0 aliphatic carbocycles. The summed E-state index contributed by atoms with van der Waals surface area (Å²) < 4.78 is 26.1. The zero-order valence-electron chi connectivity index (χ0n) is 7.58. The van der Waals surface area contributed by atoms with Gasteiger partial charge in [0.1, 0.15) is 23.2 Å². The molecule has 15 heavy (non-hydrogen) atoms. The Bertz CT molecular complexity index is 459. The smallest absolute Gasteiger partial charge is 0.255 e. The van der Waals surface area contributed by atoms with E-state index < -0.39 is 17.5 Å². The lowest BCUT2D eigenvalue weighted by Crippen LogP contribution is -2.20. The van der Waals surface area contributed by atoms with Crippen molar-refractivity contribution in [3.63, 3.8) is 0 Å².